The normalized spacial score (nSPS) is 17.3. The van der Waals surface area contributed by atoms with E-state index in [0.29, 0.717) is 25.1 Å². The molecule has 1 aliphatic rings. The number of aliphatic imine (C=N–C) groups is 1. The van der Waals surface area contributed by atoms with Gasteiger partial charge in [0.2, 0.25) is 23.6 Å². The maximum atomic E-state index is 13.1. The number of carbonyl (C=O) groups excluding carboxylic acids is 4. The number of guanidine groups is 1. The van der Waals surface area contributed by atoms with Crippen molar-refractivity contribution in [3.63, 3.8) is 0 Å². The Morgan fingerprint density at radius 2 is 1.64 bits per heavy atom. The van der Waals surface area contributed by atoms with Crippen LogP contribution >= 0.6 is 11.8 Å². The molecule has 1 rings (SSSR count). The van der Waals surface area contributed by atoms with E-state index < -0.39 is 47.9 Å². The Kier molecular flexibility index (Phi) is 14.3. The molecule has 204 valence electrons. The predicted octanol–water partition coefficient (Wildman–Crippen LogP) is -2.65. The van der Waals surface area contributed by atoms with Crippen LogP contribution in [-0.4, -0.2) is 89.9 Å². The number of aliphatic carboxylic acids is 1. The van der Waals surface area contributed by atoms with Crippen LogP contribution in [0.15, 0.2) is 4.99 Å². The van der Waals surface area contributed by atoms with Gasteiger partial charge in [-0.3, -0.25) is 24.2 Å². The van der Waals surface area contributed by atoms with Crippen molar-refractivity contribution in [1.82, 2.24) is 21.3 Å². The van der Waals surface area contributed by atoms with Gasteiger partial charge in [-0.1, -0.05) is 0 Å². The van der Waals surface area contributed by atoms with Crippen LogP contribution in [0.2, 0.25) is 0 Å². The predicted molar refractivity (Wildman–Crippen MR) is 136 cm³/mol. The Bertz CT molecular complexity index is 801. The average Bonchev–Trinajstić information content (AvgIpc) is 3.35. The van der Waals surface area contributed by atoms with Crippen LogP contribution in [0.3, 0.4) is 0 Å². The molecule has 0 saturated carbocycles. The lowest BCUT2D eigenvalue weighted by atomic mass is 10.1. The van der Waals surface area contributed by atoms with Crippen molar-refractivity contribution in [1.29, 1.82) is 0 Å². The van der Waals surface area contributed by atoms with Gasteiger partial charge in [-0.05, 0) is 57.1 Å². The Balaban J connectivity index is 2.96. The second-order valence-electron chi connectivity index (χ2n) is 8.41. The number of hydrogen-bond donors (Lipinski definition) is 8. The van der Waals surface area contributed by atoms with Crippen LogP contribution in [-0.2, 0) is 24.0 Å². The minimum Gasteiger partial charge on any atom is -0.480 e. The molecule has 36 heavy (non-hydrogen) atoms. The lowest BCUT2D eigenvalue weighted by Crippen LogP contribution is -2.57. The highest BCUT2D eigenvalue weighted by atomic mass is 32.2. The summed E-state index contributed by atoms with van der Waals surface area (Å²) in [5.41, 5.74) is 15.9. The minimum atomic E-state index is -1.23. The van der Waals surface area contributed by atoms with Crippen molar-refractivity contribution in [3.05, 3.63) is 0 Å². The Morgan fingerprint density at radius 1 is 1.00 bits per heavy atom. The standard InChI is InChI=1S/C21H38N8O6S/c1-36-11-8-15(20(34)35)29-19(33)14(6-7-16(22)30)28-18(32)13(5-3-10-26-21(23)24)27-17(31)12-4-2-9-25-12/h12-15,25H,2-11H2,1H3,(H2,22,30)(H,27,31)(H,28,32)(H,29,33)(H,34,35)(H4,23,24,26). The summed E-state index contributed by atoms with van der Waals surface area (Å²) in [6.07, 6.45) is 3.63. The molecule has 4 unspecified atom stereocenters. The van der Waals surface area contributed by atoms with Crippen molar-refractivity contribution >= 4 is 47.3 Å². The van der Waals surface area contributed by atoms with Gasteiger partial charge in [-0.25, -0.2) is 4.79 Å². The molecule has 1 saturated heterocycles. The van der Waals surface area contributed by atoms with Crippen LogP contribution in [0.1, 0.15) is 44.9 Å². The third-order valence-corrected chi connectivity index (χ3v) is 6.14. The van der Waals surface area contributed by atoms with Gasteiger partial charge in [-0.15, -0.1) is 0 Å². The summed E-state index contributed by atoms with van der Waals surface area (Å²) in [5.74, 6) is -3.29. The first kappa shape index (κ1) is 31.0. The highest BCUT2D eigenvalue weighted by Gasteiger charge is 2.31. The summed E-state index contributed by atoms with van der Waals surface area (Å²) in [4.78, 5) is 65.3. The van der Waals surface area contributed by atoms with Crippen molar-refractivity contribution < 1.29 is 29.1 Å². The number of hydrogen-bond acceptors (Lipinski definition) is 8. The summed E-state index contributed by atoms with van der Waals surface area (Å²) >= 11 is 1.42. The SMILES string of the molecule is CSCCC(NC(=O)C(CCC(N)=O)NC(=O)C(CCCN=C(N)N)NC(=O)C1CCCN1)C(=O)O. The topological polar surface area (TPSA) is 244 Å². The summed E-state index contributed by atoms with van der Waals surface area (Å²) in [6.45, 7) is 0.918. The fraction of sp³-hybridized carbons (Fsp3) is 0.714. The van der Waals surface area contributed by atoms with E-state index in [2.05, 4.69) is 26.3 Å². The van der Waals surface area contributed by atoms with Crippen molar-refractivity contribution in [2.45, 2.75) is 69.1 Å². The highest BCUT2D eigenvalue weighted by molar-refractivity contribution is 7.98. The van der Waals surface area contributed by atoms with E-state index in [1.807, 2.05) is 0 Å². The molecular formula is C21H38N8O6S. The second-order valence-corrected chi connectivity index (χ2v) is 9.39. The van der Waals surface area contributed by atoms with E-state index >= 15 is 0 Å². The number of primary amides is 1. The van der Waals surface area contributed by atoms with Crippen LogP contribution in [0, 0.1) is 0 Å². The fourth-order valence-corrected chi connectivity index (χ4v) is 4.02. The number of nitrogens with two attached hydrogens (primary N) is 3. The summed E-state index contributed by atoms with van der Waals surface area (Å²) in [7, 11) is 0. The van der Waals surface area contributed by atoms with Crippen molar-refractivity contribution in [3.8, 4) is 0 Å². The summed E-state index contributed by atoms with van der Waals surface area (Å²) in [5, 5.41) is 20.1. The molecule has 14 nitrogen and oxygen atoms in total. The lowest BCUT2D eigenvalue weighted by Gasteiger charge is -2.25. The van der Waals surface area contributed by atoms with E-state index in [-0.39, 0.29) is 44.1 Å². The average molecular weight is 531 g/mol. The van der Waals surface area contributed by atoms with Gasteiger partial charge in [0, 0.05) is 13.0 Å². The third-order valence-electron chi connectivity index (χ3n) is 5.49. The number of thioether (sulfide) groups is 1. The van der Waals surface area contributed by atoms with E-state index in [4.69, 9.17) is 17.2 Å². The number of nitrogens with one attached hydrogen (secondary N) is 4. The number of nitrogens with zero attached hydrogens (tertiary/aromatic N) is 1. The van der Waals surface area contributed by atoms with Gasteiger partial charge in [0.15, 0.2) is 5.96 Å². The Labute approximate surface area is 214 Å². The molecule has 0 radical (unpaired) electrons. The molecule has 15 heteroatoms. The number of carboxylic acid groups (broad SMARTS) is 1. The van der Waals surface area contributed by atoms with Crippen molar-refractivity contribution in [2.75, 3.05) is 25.1 Å². The Morgan fingerprint density at radius 3 is 2.17 bits per heavy atom. The van der Waals surface area contributed by atoms with E-state index in [9.17, 15) is 29.1 Å². The van der Waals surface area contributed by atoms with Crippen LogP contribution in [0.4, 0.5) is 0 Å². The smallest absolute Gasteiger partial charge is 0.326 e. The second kappa shape index (κ2) is 16.6. The number of carboxylic acids is 1. The molecule has 0 bridgehead atoms. The molecule has 4 amide bonds. The first-order valence-corrected chi connectivity index (χ1v) is 13.1. The van der Waals surface area contributed by atoms with Gasteiger partial charge in [0.1, 0.15) is 18.1 Å². The van der Waals surface area contributed by atoms with Crippen LogP contribution < -0.4 is 38.5 Å². The number of carbonyl (C=O) groups is 5. The lowest BCUT2D eigenvalue weighted by molar-refractivity contribution is -0.142. The van der Waals surface area contributed by atoms with E-state index in [1.165, 1.54) is 11.8 Å². The van der Waals surface area contributed by atoms with E-state index in [1.54, 1.807) is 6.26 Å². The maximum absolute atomic E-state index is 13.1. The van der Waals surface area contributed by atoms with Crippen LogP contribution in [0.25, 0.3) is 0 Å². The highest BCUT2D eigenvalue weighted by Crippen LogP contribution is 2.08. The van der Waals surface area contributed by atoms with Gasteiger partial charge >= 0.3 is 5.97 Å². The molecule has 0 spiro atoms. The summed E-state index contributed by atoms with van der Waals surface area (Å²) < 4.78 is 0. The number of amides is 4. The van der Waals surface area contributed by atoms with E-state index in [0.717, 1.165) is 6.42 Å². The first-order valence-electron chi connectivity index (χ1n) is 11.7. The zero-order chi connectivity index (χ0) is 27.1. The molecule has 1 fully saturated rings. The third kappa shape index (κ3) is 12.1. The zero-order valence-electron chi connectivity index (χ0n) is 20.5. The monoisotopic (exact) mass is 530 g/mol. The molecule has 0 aromatic heterocycles. The van der Waals surface area contributed by atoms with Gasteiger partial charge < -0.3 is 43.6 Å². The molecule has 0 aromatic carbocycles. The van der Waals surface area contributed by atoms with Gasteiger partial charge in [0.05, 0.1) is 6.04 Å². The van der Waals surface area contributed by atoms with Crippen molar-refractivity contribution in [2.24, 2.45) is 22.2 Å². The van der Waals surface area contributed by atoms with Crippen LogP contribution in [0.5, 0.6) is 0 Å². The fourth-order valence-electron chi connectivity index (χ4n) is 3.55. The molecule has 11 N–H and O–H groups in total. The maximum Gasteiger partial charge on any atom is 0.326 e. The quantitative estimate of drug-likeness (QED) is 0.0551. The number of rotatable bonds is 17. The molecule has 0 aliphatic carbocycles. The van der Waals surface area contributed by atoms with Gasteiger partial charge in [-0.2, -0.15) is 11.8 Å². The molecular weight excluding hydrogens is 492 g/mol. The van der Waals surface area contributed by atoms with Gasteiger partial charge in [0.25, 0.3) is 0 Å². The minimum absolute atomic E-state index is 0.104. The summed E-state index contributed by atoms with van der Waals surface area (Å²) in [6, 6.07) is -3.84. The zero-order valence-corrected chi connectivity index (χ0v) is 21.3. The largest absolute Gasteiger partial charge is 0.480 e. The molecule has 1 aliphatic heterocycles. The molecule has 0 aromatic rings. The molecule has 4 atom stereocenters. The molecule has 1 heterocycles. The first-order chi connectivity index (χ1) is 17.0. The Hall–Kier alpha value is -3.07.